The highest BCUT2D eigenvalue weighted by molar-refractivity contribution is 5.74. The summed E-state index contributed by atoms with van der Waals surface area (Å²) in [6.45, 7) is 3.91. The van der Waals surface area contributed by atoms with Crippen LogP contribution in [0.1, 0.15) is 38.5 Å². The van der Waals surface area contributed by atoms with Crippen molar-refractivity contribution < 1.29 is 19.1 Å². The first-order chi connectivity index (χ1) is 11.7. The molecule has 2 atom stereocenters. The molecule has 0 unspecified atom stereocenters. The van der Waals surface area contributed by atoms with Gasteiger partial charge in [-0.05, 0) is 38.5 Å². The molecule has 2 aliphatic rings. The number of unbranched alkanes of at least 4 members (excludes halogenated alkanes) is 1. The smallest absolute Gasteiger partial charge is 0.314 e. The Morgan fingerprint density at radius 1 is 0.750 bits per heavy atom. The summed E-state index contributed by atoms with van der Waals surface area (Å²) in [5.41, 5.74) is 0. The molecule has 24 heavy (non-hydrogen) atoms. The zero-order chi connectivity index (χ0) is 17.0. The van der Waals surface area contributed by atoms with Gasteiger partial charge in [0, 0.05) is 39.4 Å². The number of hydrogen-bond donors (Lipinski definition) is 4. The molecule has 0 aromatic rings. The Bertz CT molecular complexity index is 346. The number of hydrogen-bond acceptors (Lipinski definition) is 4. The van der Waals surface area contributed by atoms with Crippen LogP contribution in [0.15, 0.2) is 0 Å². The predicted octanol–water partition coefficient (Wildman–Crippen LogP) is 0.723. The van der Waals surface area contributed by atoms with Gasteiger partial charge in [-0.1, -0.05) is 0 Å². The van der Waals surface area contributed by atoms with E-state index < -0.39 is 0 Å². The number of rotatable bonds is 9. The van der Waals surface area contributed by atoms with Crippen LogP contribution in [0.2, 0.25) is 0 Å². The van der Waals surface area contributed by atoms with Crippen LogP contribution in [0.5, 0.6) is 0 Å². The topological polar surface area (TPSA) is 101 Å². The van der Waals surface area contributed by atoms with Crippen LogP contribution in [0, 0.1) is 0 Å². The van der Waals surface area contributed by atoms with Crippen LogP contribution >= 0.6 is 0 Å². The second-order valence-corrected chi connectivity index (χ2v) is 6.25. The van der Waals surface area contributed by atoms with E-state index >= 15 is 0 Å². The third-order valence-corrected chi connectivity index (χ3v) is 4.20. The SMILES string of the molecule is O=C(NCCCCNC(=O)NC[C@H]1CCCO1)NC[C@H]1CCCO1. The number of amides is 4. The monoisotopic (exact) mass is 342 g/mol. The van der Waals surface area contributed by atoms with Crippen LogP contribution in [0.25, 0.3) is 0 Å². The highest BCUT2D eigenvalue weighted by atomic mass is 16.5. The molecular weight excluding hydrogens is 312 g/mol. The van der Waals surface area contributed by atoms with Crippen molar-refractivity contribution in [3.05, 3.63) is 0 Å². The van der Waals surface area contributed by atoms with E-state index in [0.717, 1.165) is 51.7 Å². The Labute approximate surface area is 143 Å². The van der Waals surface area contributed by atoms with Gasteiger partial charge in [-0.2, -0.15) is 0 Å². The van der Waals surface area contributed by atoms with E-state index in [1.54, 1.807) is 0 Å². The first-order valence-electron chi connectivity index (χ1n) is 9.00. The van der Waals surface area contributed by atoms with E-state index in [0.29, 0.717) is 26.2 Å². The maximum atomic E-state index is 11.6. The molecule has 0 aromatic carbocycles. The summed E-state index contributed by atoms with van der Waals surface area (Å²) in [6, 6.07) is -0.319. The van der Waals surface area contributed by atoms with Crippen LogP contribution in [0.3, 0.4) is 0 Å². The Hall–Kier alpha value is -1.54. The highest BCUT2D eigenvalue weighted by Gasteiger charge is 2.16. The molecule has 2 fully saturated rings. The maximum absolute atomic E-state index is 11.6. The molecule has 4 N–H and O–H groups in total. The van der Waals surface area contributed by atoms with E-state index in [1.807, 2.05) is 0 Å². The third kappa shape index (κ3) is 7.83. The lowest BCUT2D eigenvalue weighted by atomic mass is 10.2. The number of carbonyl (C=O) groups excluding carboxylic acids is 2. The summed E-state index contributed by atoms with van der Waals surface area (Å²) in [5, 5.41) is 11.2. The Morgan fingerprint density at radius 2 is 1.21 bits per heavy atom. The van der Waals surface area contributed by atoms with Gasteiger partial charge in [0.05, 0.1) is 12.2 Å². The van der Waals surface area contributed by atoms with Gasteiger partial charge in [0.15, 0.2) is 0 Å². The quantitative estimate of drug-likeness (QED) is 0.464. The van der Waals surface area contributed by atoms with Crippen molar-refractivity contribution in [1.29, 1.82) is 0 Å². The van der Waals surface area contributed by atoms with Crippen LogP contribution < -0.4 is 21.3 Å². The lowest BCUT2D eigenvalue weighted by molar-refractivity contribution is 0.111. The lowest BCUT2D eigenvalue weighted by Crippen LogP contribution is -2.41. The predicted molar refractivity (Wildman–Crippen MR) is 90.0 cm³/mol. The van der Waals surface area contributed by atoms with Crippen molar-refractivity contribution in [3.8, 4) is 0 Å². The minimum atomic E-state index is -0.159. The molecule has 0 bridgehead atoms. The maximum Gasteiger partial charge on any atom is 0.314 e. The van der Waals surface area contributed by atoms with Crippen molar-refractivity contribution in [2.45, 2.75) is 50.7 Å². The zero-order valence-corrected chi connectivity index (χ0v) is 14.3. The van der Waals surface area contributed by atoms with Gasteiger partial charge in [-0.3, -0.25) is 0 Å². The van der Waals surface area contributed by atoms with Gasteiger partial charge in [0.25, 0.3) is 0 Å². The summed E-state index contributed by atoms with van der Waals surface area (Å²) in [7, 11) is 0. The molecule has 8 nitrogen and oxygen atoms in total. The van der Waals surface area contributed by atoms with Crippen LogP contribution in [-0.4, -0.2) is 63.7 Å². The average Bonchev–Trinajstić information content (AvgIpc) is 3.27. The largest absolute Gasteiger partial charge is 0.376 e. The highest BCUT2D eigenvalue weighted by Crippen LogP contribution is 2.10. The fourth-order valence-corrected chi connectivity index (χ4v) is 2.80. The molecule has 0 aliphatic carbocycles. The van der Waals surface area contributed by atoms with Crippen molar-refractivity contribution in [2.75, 3.05) is 39.4 Å². The van der Waals surface area contributed by atoms with Gasteiger partial charge in [-0.25, -0.2) is 9.59 Å². The van der Waals surface area contributed by atoms with Crippen molar-refractivity contribution >= 4 is 12.1 Å². The first-order valence-corrected chi connectivity index (χ1v) is 9.00. The molecule has 8 heteroatoms. The van der Waals surface area contributed by atoms with E-state index in [1.165, 1.54) is 0 Å². The Morgan fingerprint density at radius 3 is 1.58 bits per heavy atom. The standard InChI is InChI=1S/C16H30N4O4/c21-15(19-11-13-5-3-9-23-13)17-7-1-2-8-18-16(22)20-12-14-6-4-10-24-14/h13-14H,1-12H2,(H2,17,19,21)(H2,18,20,22)/t13-,14-/m1/s1. The second-order valence-electron chi connectivity index (χ2n) is 6.25. The molecular formula is C16H30N4O4. The summed E-state index contributed by atoms with van der Waals surface area (Å²) in [5.74, 6) is 0. The molecule has 0 saturated carbocycles. The fraction of sp³-hybridized carbons (Fsp3) is 0.875. The molecule has 2 saturated heterocycles. The first kappa shape index (κ1) is 18.8. The Balaban J connectivity index is 1.36. The average molecular weight is 342 g/mol. The summed E-state index contributed by atoms with van der Waals surface area (Å²) < 4.78 is 10.9. The lowest BCUT2D eigenvalue weighted by Gasteiger charge is -2.12. The number of carbonyl (C=O) groups is 2. The molecule has 0 spiro atoms. The van der Waals surface area contributed by atoms with Gasteiger partial charge in [0.2, 0.25) is 0 Å². The second kappa shape index (κ2) is 11.1. The van der Waals surface area contributed by atoms with E-state index in [4.69, 9.17) is 9.47 Å². The summed E-state index contributed by atoms with van der Waals surface area (Å²) >= 11 is 0. The third-order valence-electron chi connectivity index (χ3n) is 4.20. The van der Waals surface area contributed by atoms with Crippen molar-refractivity contribution in [1.82, 2.24) is 21.3 Å². The van der Waals surface area contributed by atoms with Crippen molar-refractivity contribution in [3.63, 3.8) is 0 Å². The van der Waals surface area contributed by atoms with Crippen LogP contribution in [-0.2, 0) is 9.47 Å². The van der Waals surface area contributed by atoms with Gasteiger partial charge in [0.1, 0.15) is 0 Å². The van der Waals surface area contributed by atoms with Gasteiger partial charge >= 0.3 is 12.1 Å². The zero-order valence-electron chi connectivity index (χ0n) is 14.3. The molecule has 2 rings (SSSR count). The Kier molecular flexibility index (Phi) is 8.69. The molecule has 138 valence electrons. The molecule has 2 heterocycles. The minimum Gasteiger partial charge on any atom is -0.376 e. The molecule has 4 amide bonds. The van der Waals surface area contributed by atoms with E-state index in [2.05, 4.69) is 21.3 Å². The van der Waals surface area contributed by atoms with Gasteiger partial charge < -0.3 is 30.7 Å². The molecule has 0 aromatic heterocycles. The minimum absolute atomic E-state index is 0.159. The summed E-state index contributed by atoms with van der Waals surface area (Å²) in [6.07, 6.45) is 6.13. The normalized spacial score (nSPS) is 23.0. The summed E-state index contributed by atoms with van der Waals surface area (Å²) in [4.78, 5) is 23.2. The van der Waals surface area contributed by atoms with Crippen molar-refractivity contribution in [2.24, 2.45) is 0 Å². The number of nitrogens with one attached hydrogen (secondary N) is 4. The van der Waals surface area contributed by atoms with Gasteiger partial charge in [-0.15, -0.1) is 0 Å². The fourth-order valence-electron chi connectivity index (χ4n) is 2.80. The number of ether oxygens (including phenoxy) is 2. The number of urea groups is 2. The van der Waals surface area contributed by atoms with E-state index in [-0.39, 0.29) is 24.3 Å². The molecule has 2 aliphatic heterocycles. The van der Waals surface area contributed by atoms with E-state index in [9.17, 15) is 9.59 Å². The van der Waals surface area contributed by atoms with Crippen LogP contribution in [0.4, 0.5) is 9.59 Å². The molecule has 0 radical (unpaired) electrons.